The molecule has 0 aliphatic carbocycles. The zero-order valence-corrected chi connectivity index (χ0v) is 11.8. The molecule has 0 aliphatic heterocycles. The maximum atomic E-state index is 5.99. The number of benzene rings is 1. The van der Waals surface area contributed by atoms with Crippen LogP contribution in [0.1, 0.15) is 0 Å². The van der Waals surface area contributed by atoms with Gasteiger partial charge in [0.2, 0.25) is 0 Å². The van der Waals surface area contributed by atoms with Crippen LogP contribution in [-0.2, 0) is 14.2 Å². The molecule has 0 fully saturated rings. The smallest absolute Gasteiger partial charge is 0.147 e. The molecule has 0 heterocycles. The third-order valence-corrected chi connectivity index (χ3v) is 2.62. The van der Waals surface area contributed by atoms with Crippen LogP contribution in [-0.4, -0.2) is 40.3 Å². The summed E-state index contributed by atoms with van der Waals surface area (Å²) in [6, 6.07) is 5.05. The van der Waals surface area contributed by atoms with Gasteiger partial charge in [-0.25, -0.2) is 0 Å². The van der Waals surface area contributed by atoms with Gasteiger partial charge in [-0.1, -0.05) is 23.2 Å². The molecule has 0 saturated heterocycles. The van der Waals surface area contributed by atoms with E-state index in [4.69, 9.17) is 42.1 Å². The summed E-state index contributed by atoms with van der Waals surface area (Å²) in [5.41, 5.74) is 0. The summed E-state index contributed by atoms with van der Waals surface area (Å²) in [7, 11) is 3.15. The molecule has 4 nitrogen and oxygen atoms in total. The number of halogens is 2. The minimum absolute atomic E-state index is 0.186. The van der Waals surface area contributed by atoms with Crippen LogP contribution in [0.2, 0.25) is 10.0 Å². The predicted molar refractivity (Wildman–Crippen MR) is 70.6 cm³/mol. The molecule has 0 aliphatic rings. The van der Waals surface area contributed by atoms with Gasteiger partial charge in [0.25, 0.3) is 0 Å². The Morgan fingerprint density at radius 1 is 1.11 bits per heavy atom. The van der Waals surface area contributed by atoms with Gasteiger partial charge in [0.1, 0.15) is 25.3 Å². The van der Waals surface area contributed by atoms with E-state index in [2.05, 4.69) is 0 Å². The quantitative estimate of drug-likeness (QED) is 0.691. The van der Waals surface area contributed by atoms with Gasteiger partial charge in [-0.05, 0) is 18.2 Å². The molecular formula is C12H16Cl2O4. The lowest BCUT2D eigenvalue weighted by Gasteiger charge is -2.17. The largest absolute Gasteiger partial charge is 0.489 e. The molecular weight excluding hydrogens is 279 g/mol. The van der Waals surface area contributed by atoms with Gasteiger partial charge in [-0.15, -0.1) is 0 Å². The van der Waals surface area contributed by atoms with Crippen molar-refractivity contribution >= 4 is 23.2 Å². The summed E-state index contributed by atoms with van der Waals surface area (Å²) < 4.78 is 20.8. The minimum atomic E-state index is -0.221. The van der Waals surface area contributed by atoms with Crippen molar-refractivity contribution in [2.75, 3.05) is 34.2 Å². The third-order valence-electron chi connectivity index (χ3n) is 2.09. The lowest BCUT2D eigenvalue weighted by molar-refractivity contribution is -0.103. The summed E-state index contributed by atoms with van der Waals surface area (Å²) in [6.07, 6.45) is -0.221. The molecule has 0 bridgehead atoms. The van der Waals surface area contributed by atoms with E-state index in [1.807, 2.05) is 0 Å². The molecule has 102 valence electrons. The first-order valence-electron chi connectivity index (χ1n) is 5.34. The Hall–Kier alpha value is -0.520. The van der Waals surface area contributed by atoms with Gasteiger partial charge < -0.3 is 18.9 Å². The van der Waals surface area contributed by atoms with E-state index in [0.29, 0.717) is 29.0 Å². The van der Waals surface area contributed by atoms with E-state index in [-0.39, 0.29) is 12.9 Å². The Kier molecular flexibility index (Phi) is 7.39. The van der Waals surface area contributed by atoms with Gasteiger partial charge in [-0.3, -0.25) is 0 Å². The molecule has 1 aromatic carbocycles. The van der Waals surface area contributed by atoms with E-state index in [9.17, 15) is 0 Å². The van der Waals surface area contributed by atoms with Crippen molar-refractivity contribution in [3.8, 4) is 5.75 Å². The number of rotatable bonds is 8. The Bertz CT molecular complexity index is 360. The molecule has 1 rings (SSSR count). The summed E-state index contributed by atoms with van der Waals surface area (Å²) in [6.45, 7) is 0.916. The molecule has 18 heavy (non-hydrogen) atoms. The summed E-state index contributed by atoms with van der Waals surface area (Å²) in [4.78, 5) is 0. The van der Waals surface area contributed by atoms with Crippen molar-refractivity contribution in [1.29, 1.82) is 0 Å². The van der Waals surface area contributed by atoms with Crippen molar-refractivity contribution in [3.63, 3.8) is 0 Å². The number of hydrogen-bond acceptors (Lipinski definition) is 4. The third kappa shape index (κ3) is 5.42. The molecule has 1 atom stereocenters. The molecule has 1 unspecified atom stereocenters. The standard InChI is InChI=1S/C12H16Cl2O4/c1-15-6-10(18-8-16-2)7-17-12-4-3-9(13)5-11(12)14/h3-5,10H,6-8H2,1-2H3. The zero-order valence-electron chi connectivity index (χ0n) is 10.3. The minimum Gasteiger partial charge on any atom is -0.489 e. The zero-order chi connectivity index (χ0) is 13.4. The fourth-order valence-electron chi connectivity index (χ4n) is 1.27. The van der Waals surface area contributed by atoms with E-state index in [1.54, 1.807) is 32.4 Å². The average molecular weight is 295 g/mol. The van der Waals surface area contributed by atoms with E-state index < -0.39 is 0 Å². The van der Waals surface area contributed by atoms with Gasteiger partial charge >= 0.3 is 0 Å². The highest BCUT2D eigenvalue weighted by molar-refractivity contribution is 6.35. The SMILES string of the molecule is COCOC(COC)COc1ccc(Cl)cc1Cl. The maximum absolute atomic E-state index is 5.99. The highest BCUT2D eigenvalue weighted by Crippen LogP contribution is 2.27. The molecule has 0 spiro atoms. The molecule has 0 N–H and O–H groups in total. The van der Waals surface area contributed by atoms with E-state index >= 15 is 0 Å². The fraction of sp³-hybridized carbons (Fsp3) is 0.500. The molecule has 0 saturated carbocycles. The Labute approximate surface area is 117 Å². The topological polar surface area (TPSA) is 36.9 Å². The van der Waals surface area contributed by atoms with Gasteiger partial charge in [-0.2, -0.15) is 0 Å². The normalized spacial score (nSPS) is 12.4. The van der Waals surface area contributed by atoms with Crippen molar-refractivity contribution < 1.29 is 18.9 Å². The Balaban J connectivity index is 2.49. The van der Waals surface area contributed by atoms with Crippen LogP contribution in [0.4, 0.5) is 0 Å². The summed E-state index contributed by atoms with van der Waals surface area (Å²) in [5.74, 6) is 0.559. The molecule has 1 aromatic rings. The van der Waals surface area contributed by atoms with Crippen LogP contribution in [0.25, 0.3) is 0 Å². The molecule has 6 heteroatoms. The number of methoxy groups -OCH3 is 2. The average Bonchev–Trinajstić information content (AvgIpc) is 2.34. The Morgan fingerprint density at radius 3 is 2.50 bits per heavy atom. The second-order valence-electron chi connectivity index (χ2n) is 3.54. The van der Waals surface area contributed by atoms with Crippen LogP contribution < -0.4 is 4.74 Å². The first-order chi connectivity index (χ1) is 8.67. The summed E-state index contributed by atoms with van der Waals surface area (Å²) in [5, 5.41) is 1.03. The Morgan fingerprint density at radius 2 is 1.89 bits per heavy atom. The molecule has 0 radical (unpaired) electrons. The van der Waals surface area contributed by atoms with Crippen LogP contribution >= 0.6 is 23.2 Å². The first-order valence-corrected chi connectivity index (χ1v) is 6.10. The van der Waals surface area contributed by atoms with Crippen LogP contribution in [0.15, 0.2) is 18.2 Å². The van der Waals surface area contributed by atoms with E-state index in [1.165, 1.54) is 0 Å². The van der Waals surface area contributed by atoms with Crippen molar-refractivity contribution in [3.05, 3.63) is 28.2 Å². The number of hydrogen-bond donors (Lipinski definition) is 0. The molecule has 0 aromatic heterocycles. The van der Waals surface area contributed by atoms with Crippen LogP contribution in [0, 0.1) is 0 Å². The lowest BCUT2D eigenvalue weighted by Crippen LogP contribution is -2.27. The highest BCUT2D eigenvalue weighted by Gasteiger charge is 2.11. The summed E-state index contributed by atoms with van der Waals surface area (Å²) >= 11 is 11.8. The molecule has 0 amide bonds. The maximum Gasteiger partial charge on any atom is 0.147 e. The van der Waals surface area contributed by atoms with Crippen molar-refractivity contribution in [2.24, 2.45) is 0 Å². The van der Waals surface area contributed by atoms with Gasteiger partial charge in [0.05, 0.1) is 11.6 Å². The second-order valence-corrected chi connectivity index (χ2v) is 4.38. The van der Waals surface area contributed by atoms with Crippen LogP contribution in [0.5, 0.6) is 5.75 Å². The predicted octanol–water partition coefficient (Wildman–Crippen LogP) is 3.01. The van der Waals surface area contributed by atoms with E-state index in [0.717, 1.165) is 0 Å². The first kappa shape index (κ1) is 15.5. The number of ether oxygens (including phenoxy) is 4. The fourth-order valence-corrected chi connectivity index (χ4v) is 1.73. The monoisotopic (exact) mass is 294 g/mol. The lowest BCUT2D eigenvalue weighted by atomic mass is 10.3. The van der Waals surface area contributed by atoms with Gasteiger partial charge in [0, 0.05) is 19.2 Å². The van der Waals surface area contributed by atoms with Crippen molar-refractivity contribution in [1.82, 2.24) is 0 Å². The van der Waals surface area contributed by atoms with Crippen molar-refractivity contribution in [2.45, 2.75) is 6.10 Å². The van der Waals surface area contributed by atoms with Gasteiger partial charge in [0.15, 0.2) is 0 Å². The second kappa shape index (κ2) is 8.56. The van der Waals surface area contributed by atoms with Crippen LogP contribution in [0.3, 0.4) is 0 Å². The highest BCUT2D eigenvalue weighted by atomic mass is 35.5.